The van der Waals surface area contributed by atoms with E-state index >= 15 is 0 Å². The van der Waals surface area contributed by atoms with E-state index in [0.717, 1.165) is 5.56 Å². The predicted octanol–water partition coefficient (Wildman–Crippen LogP) is 4.82. The second kappa shape index (κ2) is 11.4. The first-order chi connectivity index (χ1) is 17.9. The Morgan fingerprint density at radius 2 is 1.57 bits per heavy atom. The van der Waals surface area contributed by atoms with E-state index in [9.17, 15) is 14.4 Å². The standard InChI is InChI=1S/C30H28N2O5/c1-20(23-10-6-4-7-11-23)31-27(33)19-37-25-16-14-22(15-17-25)18-26-28(30(35)36-3)21(2)32(29(26)34)24-12-8-5-9-13-24/h4-18,20H,19H2,1-3H3,(H,31,33)/b26-18-/t20-/m0/s1. The van der Waals surface area contributed by atoms with Gasteiger partial charge in [0.2, 0.25) is 0 Å². The number of esters is 1. The molecule has 1 heterocycles. The third kappa shape index (κ3) is 5.78. The Kier molecular flexibility index (Phi) is 7.83. The van der Waals surface area contributed by atoms with E-state index in [1.54, 1.807) is 37.3 Å². The lowest BCUT2D eigenvalue weighted by Crippen LogP contribution is -2.31. The number of allylic oxidation sites excluding steroid dienone is 1. The number of benzene rings is 3. The molecule has 0 spiro atoms. The van der Waals surface area contributed by atoms with Gasteiger partial charge < -0.3 is 14.8 Å². The zero-order valence-electron chi connectivity index (χ0n) is 20.9. The van der Waals surface area contributed by atoms with E-state index in [1.807, 2.05) is 67.6 Å². The minimum atomic E-state index is -0.578. The SMILES string of the molecule is COC(=O)C1=C(C)N(c2ccccc2)C(=O)/C1=C\c1ccc(OCC(=O)N[C@@H](C)c2ccccc2)cc1. The number of nitrogens with zero attached hydrogens (tertiary/aromatic N) is 1. The first-order valence-corrected chi connectivity index (χ1v) is 11.9. The lowest BCUT2D eigenvalue weighted by atomic mass is 10.0. The van der Waals surface area contributed by atoms with Crippen LogP contribution >= 0.6 is 0 Å². The monoisotopic (exact) mass is 496 g/mol. The van der Waals surface area contributed by atoms with E-state index in [-0.39, 0.29) is 35.6 Å². The summed E-state index contributed by atoms with van der Waals surface area (Å²) in [5, 5.41) is 2.91. The number of anilines is 1. The van der Waals surface area contributed by atoms with Gasteiger partial charge in [0.15, 0.2) is 6.61 Å². The Morgan fingerprint density at radius 1 is 0.946 bits per heavy atom. The maximum atomic E-state index is 13.3. The second-order valence-corrected chi connectivity index (χ2v) is 8.54. The minimum absolute atomic E-state index is 0.128. The van der Waals surface area contributed by atoms with Gasteiger partial charge >= 0.3 is 5.97 Å². The molecule has 0 saturated carbocycles. The van der Waals surface area contributed by atoms with Gasteiger partial charge in [0.25, 0.3) is 11.8 Å². The highest BCUT2D eigenvalue weighted by Gasteiger charge is 2.37. The van der Waals surface area contributed by atoms with Crippen molar-refractivity contribution in [2.45, 2.75) is 19.9 Å². The number of nitrogens with one attached hydrogen (secondary N) is 1. The fraction of sp³-hybridized carbons (Fsp3) is 0.167. The molecule has 0 unspecified atom stereocenters. The maximum Gasteiger partial charge on any atom is 0.340 e. The smallest absolute Gasteiger partial charge is 0.340 e. The van der Waals surface area contributed by atoms with Crippen molar-refractivity contribution >= 4 is 29.5 Å². The van der Waals surface area contributed by atoms with Gasteiger partial charge in [0.05, 0.1) is 24.3 Å². The molecule has 3 aromatic rings. The van der Waals surface area contributed by atoms with Crippen LogP contribution < -0.4 is 15.0 Å². The largest absolute Gasteiger partial charge is 0.484 e. The Labute approximate surface area is 216 Å². The molecule has 3 aromatic carbocycles. The van der Waals surface area contributed by atoms with Crippen LogP contribution in [0.3, 0.4) is 0 Å². The predicted molar refractivity (Wildman–Crippen MR) is 142 cm³/mol. The van der Waals surface area contributed by atoms with Gasteiger partial charge in [-0.15, -0.1) is 0 Å². The highest BCUT2D eigenvalue weighted by Crippen LogP contribution is 2.35. The van der Waals surface area contributed by atoms with Crippen molar-refractivity contribution in [3.05, 3.63) is 113 Å². The van der Waals surface area contributed by atoms with E-state index in [1.165, 1.54) is 12.0 Å². The third-order valence-electron chi connectivity index (χ3n) is 6.04. The Bertz CT molecular complexity index is 1350. The quantitative estimate of drug-likeness (QED) is 0.357. The molecule has 0 aliphatic carbocycles. The van der Waals surface area contributed by atoms with Crippen molar-refractivity contribution in [2.75, 3.05) is 18.6 Å². The van der Waals surface area contributed by atoms with Crippen molar-refractivity contribution in [3.8, 4) is 5.75 Å². The normalized spacial score (nSPS) is 15.1. The summed E-state index contributed by atoms with van der Waals surface area (Å²) in [7, 11) is 1.29. The molecule has 1 aliphatic heterocycles. The summed E-state index contributed by atoms with van der Waals surface area (Å²) >= 11 is 0. The lowest BCUT2D eigenvalue weighted by molar-refractivity contribution is -0.136. The molecule has 37 heavy (non-hydrogen) atoms. The second-order valence-electron chi connectivity index (χ2n) is 8.54. The van der Waals surface area contributed by atoms with Gasteiger partial charge in [-0.05, 0) is 55.3 Å². The Morgan fingerprint density at radius 3 is 2.19 bits per heavy atom. The molecular formula is C30H28N2O5. The molecule has 0 bridgehead atoms. The summed E-state index contributed by atoms with van der Waals surface area (Å²) < 4.78 is 10.6. The van der Waals surface area contributed by atoms with Crippen LogP contribution in [0.4, 0.5) is 5.69 Å². The highest BCUT2D eigenvalue weighted by atomic mass is 16.5. The molecule has 7 heteroatoms. The number of carbonyl (C=O) groups excluding carboxylic acids is 3. The van der Waals surface area contributed by atoms with Crippen molar-refractivity contribution in [1.29, 1.82) is 0 Å². The van der Waals surface area contributed by atoms with Gasteiger partial charge in [-0.1, -0.05) is 60.7 Å². The summed E-state index contributed by atoms with van der Waals surface area (Å²) in [5.74, 6) is -0.614. The fourth-order valence-electron chi connectivity index (χ4n) is 4.15. The molecule has 4 rings (SSSR count). The number of ether oxygens (including phenoxy) is 2. The maximum absolute atomic E-state index is 13.3. The number of amides is 2. The number of carbonyl (C=O) groups is 3. The van der Waals surface area contributed by atoms with Gasteiger partial charge in [-0.2, -0.15) is 0 Å². The zero-order chi connectivity index (χ0) is 26.4. The van der Waals surface area contributed by atoms with E-state index < -0.39 is 5.97 Å². The number of hydrogen-bond acceptors (Lipinski definition) is 5. The van der Waals surface area contributed by atoms with Crippen LogP contribution in [-0.4, -0.2) is 31.5 Å². The highest BCUT2D eigenvalue weighted by molar-refractivity contribution is 6.23. The van der Waals surface area contributed by atoms with E-state index in [4.69, 9.17) is 9.47 Å². The molecule has 0 fully saturated rings. The number of para-hydroxylation sites is 1. The van der Waals surface area contributed by atoms with Crippen molar-refractivity contribution < 1.29 is 23.9 Å². The van der Waals surface area contributed by atoms with Crippen LogP contribution in [0.2, 0.25) is 0 Å². The summed E-state index contributed by atoms with van der Waals surface area (Å²) in [5.41, 5.74) is 3.35. The Balaban J connectivity index is 1.46. The van der Waals surface area contributed by atoms with Gasteiger partial charge in [-0.25, -0.2) is 4.79 Å². The van der Waals surface area contributed by atoms with Crippen molar-refractivity contribution in [2.24, 2.45) is 0 Å². The van der Waals surface area contributed by atoms with Gasteiger partial charge in [0, 0.05) is 11.4 Å². The fourth-order valence-corrected chi connectivity index (χ4v) is 4.15. The number of methoxy groups -OCH3 is 1. The first kappa shape index (κ1) is 25.4. The van der Waals surface area contributed by atoms with Gasteiger partial charge in [0.1, 0.15) is 5.75 Å². The van der Waals surface area contributed by atoms with Crippen LogP contribution in [0.1, 0.15) is 31.0 Å². The average molecular weight is 497 g/mol. The molecule has 2 amide bonds. The van der Waals surface area contributed by atoms with Crippen molar-refractivity contribution in [3.63, 3.8) is 0 Å². The molecule has 0 saturated heterocycles. The lowest BCUT2D eigenvalue weighted by Gasteiger charge is -2.17. The molecule has 0 aromatic heterocycles. The van der Waals surface area contributed by atoms with Crippen LogP contribution in [0.5, 0.6) is 5.75 Å². The number of hydrogen-bond donors (Lipinski definition) is 1. The van der Waals surface area contributed by atoms with Gasteiger partial charge in [-0.3, -0.25) is 14.5 Å². The summed E-state index contributed by atoms with van der Waals surface area (Å²) in [6.45, 7) is 3.51. The van der Waals surface area contributed by atoms with Crippen LogP contribution in [0.15, 0.2) is 102 Å². The van der Waals surface area contributed by atoms with Crippen LogP contribution in [0, 0.1) is 0 Å². The molecule has 188 valence electrons. The van der Waals surface area contributed by atoms with Crippen LogP contribution in [-0.2, 0) is 19.1 Å². The van der Waals surface area contributed by atoms with Crippen molar-refractivity contribution in [1.82, 2.24) is 5.32 Å². The molecule has 1 aliphatic rings. The first-order valence-electron chi connectivity index (χ1n) is 11.9. The summed E-state index contributed by atoms with van der Waals surface area (Å²) in [6, 6.07) is 25.6. The molecular weight excluding hydrogens is 468 g/mol. The Hall–Kier alpha value is -4.65. The number of rotatable bonds is 8. The minimum Gasteiger partial charge on any atom is -0.484 e. The third-order valence-corrected chi connectivity index (χ3v) is 6.04. The molecule has 1 atom stereocenters. The van der Waals surface area contributed by atoms with E-state index in [0.29, 0.717) is 22.7 Å². The summed E-state index contributed by atoms with van der Waals surface area (Å²) in [6.07, 6.45) is 1.65. The topological polar surface area (TPSA) is 84.9 Å². The molecule has 7 nitrogen and oxygen atoms in total. The average Bonchev–Trinajstić information content (AvgIpc) is 3.17. The summed E-state index contributed by atoms with van der Waals surface area (Å²) in [4.78, 5) is 39.7. The zero-order valence-corrected chi connectivity index (χ0v) is 20.9. The molecule has 0 radical (unpaired) electrons. The van der Waals surface area contributed by atoms with E-state index in [2.05, 4.69) is 5.32 Å². The molecule has 1 N–H and O–H groups in total. The van der Waals surface area contributed by atoms with Crippen LogP contribution in [0.25, 0.3) is 6.08 Å².